The third kappa shape index (κ3) is 5.31. The molecule has 2 aromatic carbocycles. The number of hydrogen-bond donors (Lipinski definition) is 2. The molecule has 0 aromatic heterocycles. The van der Waals surface area contributed by atoms with Crippen molar-refractivity contribution in [3.8, 4) is 11.1 Å². The zero-order valence-corrected chi connectivity index (χ0v) is 19.9. The SMILES string of the molecule is COC(CNC(=O)OCC1c2ccccc2-c2ccccc21)CC(=O)N1CCOC(C)(C(=O)O)C1. The molecule has 2 N–H and O–H groups in total. The van der Waals surface area contributed by atoms with E-state index in [2.05, 4.69) is 29.6 Å². The standard InChI is InChI=1S/C26H30N2O7/c1-26(24(30)31)16-28(11-12-35-26)23(29)13-17(33-2)14-27-25(32)34-15-22-20-9-5-3-7-18(20)19-8-4-6-10-21(19)22/h3-10,17,22H,11-16H2,1-2H3,(H,27,32)(H,30,31). The van der Waals surface area contributed by atoms with Crippen LogP contribution in [0, 0.1) is 0 Å². The molecule has 2 atom stereocenters. The summed E-state index contributed by atoms with van der Waals surface area (Å²) in [5.74, 6) is -1.42. The van der Waals surface area contributed by atoms with Crippen molar-refractivity contribution >= 4 is 18.0 Å². The van der Waals surface area contributed by atoms with Crippen LogP contribution in [0.2, 0.25) is 0 Å². The van der Waals surface area contributed by atoms with Crippen molar-refractivity contribution in [2.75, 3.05) is 40.0 Å². The second-order valence-corrected chi connectivity index (χ2v) is 8.97. The minimum Gasteiger partial charge on any atom is -0.479 e. The highest BCUT2D eigenvalue weighted by Crippen LogP contribution is 2.44. The summed E-state index contributed by atoms with van der Waals surface area (Å²) in [5, 5.41) is 12.0. The maximum absolute atomic E-state index is 12.7. The molecule has 2 amide bonds. The predicted molar refractivity (Wildman–Crippen MR) is 127 cm³/mol. The molecule has 1 saturated heterocycles. The van der Waals surface area contributed by atoms with Crippen LogP contribution in [-0.2, 0) is 23.8 Å². The maximum atomic E-state index is 12.7. The van der Waals surface area contributed by atoms with Crippen molar-refractivity contribution in [2.24, 2.45) is 0 Å². The molecule has 1 aliphatic carbocycles. The fraction of sp³-hybridized carbons (Fsp3) is 0.423. The molecular weight excluding hydrogens is 452 g/mol. The van der Waals surface area contributed by atoms with Gasteiger partial charge in [0, 0.05) is 26.1 Å². The number of morpholine rings is 1. The van der Waals surface area contributed by atoms with E-state index < -0.39 is 23.8 Å². The number of nitrogens with one attached hydrogen (secondary N) is 1. The number of nitrogens with zero attached hydrogens (tertiary/aromatic N) is 1. The quantitative estimate of drug-likeness (QED) is 0.594. The lowest BCUT2D eigenvalue weighted by molar-refractivity contribution is -0.177. The fourth-order valence-electron chi connectivity index (χ4n) is 4.62. The molecule has 0 radical (unpaired) electrons. The Morgan fingerprint density at radius 1 is 1.14 bits per heavy atom. The van der Waals surface area contributed by atoms with Crippen LogP contribution in [0.15, 0.2) is 48.5 Å². The van der Waals surface area contributed by atoms with Crippen LogP contribution in [-0.4, -0.2) is 79.6 Å². The van der Waals surface area contributed by atoms with Gasteiger partial charge in [0.25, 0.3) is 0 Å². The Bertz CT molecular complexity index is 1060. The zero-order chi connectivity index (χ0) is 25.0. The van der Waals surface area contributed by atoms with Gasteiger partial charge in [-0.05, 0) is 29.2 Å². The highest BCUT2D eigenvalue weighted by Gasteiger charge is 2.41. The third-order valence-electron chi connectivity index (χ3n) is 6.63. The number of ether oxygens (including phenoxy) is 3. The number of carboxylic acid groups (broad SMARTS) is 1. The van der Waals surface area contributed by atoms with Gasteiger partial charge in [-0.15, -0.1) is 0 Å². The van der Waals surface area contributed by atoms with E-state index in [1.807, 2.05) is 24.3 Å². The molecule has 35 heavy (non-hydrogen) atoms. The molecule has 0 spiro atoms. The maximum Gasteiger partial charge on any atom is 0.407 e. The highest BCUT2D eigenvalue weighted by atomic mass is 16.5. The van der Waals surface area contributed by atoms with E-state index in [0.29, 0.717) is 6.54 Å². The minimum atomic E-state index is -1.43. The van der Waals surface area contributed by atoms with Crippen LogP contribution in [0.3, 0.4) is 0 Å². The highest BCUT2D eigenvalue weighted by molar-refractivity contribution is 5.81. The molecule has 4 rings (SSSR count). The first-order chi connectivity index (χ1) is 16.8. The average Bonchev–Trinajstić information content (AvgIpc) is 3.18. The average molecular weight is 483 g/mol. The van der Waals surface area contributed by atoms with Gasteiger partial charge in [-0.2, -0.15) is 0 Å². The van der Waals surface area contributed by atoms with Crippen LogP contribution >= 0.6 is 0 Å². The van der Waals surface area contributed by atoms with Gasteiger partial charge in [0.15, 0.2) is 5.60 Å². The molecule has 0 bridgehead atoms. The van der Waals surface area contributed by atoms with Crippen LogP contribution in [0.5, 0.6) is 0 Å². The summed E-state index contributed by atoms with van der Waals surface area (Å²) in [6.07, 6.45) is -1.18. The summed E-state index contributed by atoms with van der Waals surface area (Å²) in [6.45, 7) is 2.12. The topological polar surface area (TPSA) is 114 Å². The number of alkyl carbamates (subject to hydrolysis) is 1. The summed E-state index contributed by atoms with van der Waals surface area (Å²) < 4.78 is 16.2. The Balaban J connectivity index is 1.28. The van der Waals surface area contributed by atoms with Crippen molar-refractivity contribution in [3.05, 3.63) is 59.7 Å². The van der Waals surface area contributed by atoms with Gasteiger partial charge in [0.2, 0.25) is 5.91 Å². The summed E-state index contributed by atoms with van der Waals surface area (Å²) >= 11 is 0. The molecule has 2 aliphatic rings. The molecule has 9 heteroatoms. The number of rotatable bonds is 8. The number of carbonyl (C=O) groups is 3. The van der Waals surface area contributed by atoms with Crippen molar-refractivity contribution in [3.63, 3.8) is 0 Å². The number of aliphatic carboxylic acids is 1. The third-order valence-corrected chi connectivity index (χ3v) is 6.63. The molecule has 2 aromatic rings. The first kappa shape index (κ1) is 24.7. The van der Waals surface area contributed by atoms with E-state index in [1.165, 1.54) is 18.9 Å². The largest absolute Gasteiger partial charge is 0.479 e. The molecule has 9 nitrogen and oxygen atoms in total. The number of hydrogen-bond acceptors (Lipinski definition) is 6. The Morgan fingerprint density at radius 2 is 1.77 bits per heavy atom. The van der Waals surface area contributed by atoms with E-state index >= 15 is 0 Å². The fourth-order valence-corrected chi connectivity index (χ4v) is 4.62. The lowest BCUT2D eigenvalue weighted by Crippen LogP contribution is -2.56. The molecule has 0 saturated carbocycles. The van der Waals surface area contributed by atoms with Crippen molar-refractivity contribution in [1.82, 2.24) is 10.2 Å². The normalized spacial score (nSPS) is 20.0. The smallest absolute Gasteiger partial charge is 0.407 e. The van der Waals surface area contributed by atoms with Crippen LogP contribution in [0.4, 0.5) is 4.79 Å². The van der Waals surface area contributed by atoms with Crippen molar-refractivity contribution in [2.45, 2.75) is 31.0 Å². The Morgan fingerprint density at radius 3 is 2.37 bits per heavy atom. The van der Waals surface area contributed by atoms with Crippen molar-refractivity contribution < 1.29 is 33.7 Å². The van der Waals surface area contributed by atoms with Crippen LogP contribution in [0.25, 0.3) is 11.1 Å². The van der Waals surface area contributed by atoms with E-state index in [4.69, 9.17) is 14.2 Å². The number of benzene rings is 2. The number of carboxylic acids is 1. The van der Waals surface area contributed by atoms with Gasteiger partial charge < -0.3 is 29.5 Å². The lowest BCUT2D eigenvalue weighted by Gasteiger charge is -2.38. The van der Waals surface area contributed by atoms with E-state index in [0.717, 1.165) is 22.3 Å². The minimum absolute atomic E-state index is 0.00411. The number of fused-ring (bicyclic) bond motifs is 3. The van der Waals surface area contributed by atoms with Crippen LogP contribution < -0.4 is 5.32 Å². The second kappa shape index (κ2) is 10.5. The number of methoxy groups -OCH3 is 1. The molecule has 186 valence electrons. The van der Waals surface area contributed by atoms with Gasteiger partial charge in [0.05, 0.1) is 25.7 Å². The van der Waals surface area contributed by atoms with Gasteiger partial charge in [-0.1, -0.05) is 48.5 Å². The summed E-state index contributed by atoms with van der Waals surface area (Å²) in [5.41, 5.74) is 3.12. The van der Waals surface area contributed by atoms with Gasteiger partial charge in [0.1, 0.15) is 6.61 Å². The molecule has 1 fully saturated rings. The van der Waals surface area contributed by atoms with Gasteiger partial charge >= 0.3 is 12.1 Å². The first-order valence-electron chi connectivity index (χ1n) is 11.6. The molecule has 2 unspecified atom stereocenters. The first-order valence-corrected chi connectivity index (χ1v) is 11.6. The number of carbonyl (C=O) groups excluding carboxylic acids is 2. The monoisotopic (exact) mass is 482 g/mol. The zero-order valence-electron chi connectivity index (χ0n) is 19.9. The summed E-state index contributed by atoms with van der Waals surface area (Å²) in [6, 6.07) is 16.2. The summed E-state index contributed by atoms with van der Waals surface area (Å²) in [4.78, 5) is 38.0. The molecule has 1 heterocycles. The van der Waals surface area contributed by atoms with Gasteiger partial charge in [-0.25, -0.2) is 9.59 Å². The van der Waals surface area contributed by atoms with Crippen LogP contribution in [0.1, 0.15) is 30.4 Å². The van der Waals surface area contributed by atoms with Crippen molar-refractivity contribution in [1.29, 1.82) is 0 Å². The Kier molecular flexibility index (Phi) is 7.37. The lowest BCUT2D eigenvalue weighted by atomic mass is 9.98. The molecule has 1 aliphatic heterocycles. The van der Waals surface area contributed by atoms with Gasteiger partial charge in [-0.3, -0.25) is 4.79 Å². The summed E-state index contributed by atoms with van der Waals surface area (Å²) in [7, 11) is 1.46. The van der Waals surface area contributed by atoms with E-state index in [-0.39, 0.29) is 44.5 Å². The predicted octanol–water partition coefficient (Wildman–Crippen LogP) is 2.63. The Hall–Kier alpha value is -3.43. The Labute approximate surface area is 204 Å². The number of amides is 2. The second-order valence-electron chi connectivity index (χ2n) is 8.97. The van der Waals surface area contributed by atoms with E-state index in [1.54, 1.807) is 0 Å². The van der Waals surface area contributed by atoms with E-state index in [9.17, 15) is 19.5 Å². The molecular formula is C26H30N2O7.